The fraction of sp³-hybridized carbons (Fsp3) is 0.333. The minimum atomic E-state index is -0.479. The number of ether oxygens (including phenoxy) is 2. The Bertz CT molecular complexity index is 807. The van der Waals surface area contributed by atoms with Crippen molar-refractivity contribution in [2.24, 2.45) is 0 Å². The van der Waals surface area contributed by atoms with Crippen LogP contribution < -0.4 is 4.74 Å². The number of carbonyl (C=O) groups excluding carboxylic acids is 2. The van der Waals surface area contributed by atoms with E-state index in [4.69, 9.17) is 9.47 Å². The van der Waals surface area contributed by atoms with Gasteiger partial charge in [0.25, 0.3) is 0 Å². The molecule has 0 saturated carbocycles. The lowest BCUT2D eigenvalue weighted by molar-refractivity contribution is -0.147. The van der Waals surface area contributed by atoms with Crippen molar-refractivity contribution >= 4 is 11.9 Å². The Kier molecular flexibility index (Phi) is 7.34. The van der Waals surface area contributed by atoms with Crippen LogP contribution in [0.15, 0.2) is 42.5 Å². The van der Waals surface area contributed by atoms with E-state index >= 15 is 0 Å². The molecule has 2 rings (SSSR count). The molecule has 0 aliphatic heterocycles. The van der Waals surface area contributed by atoms with Crippen molar-refractivity contribution in [3.05, 3.63) is 65.0 Å². The van der Waals surface area contributed by atoms with Crippen molar-refractivity contribution in [2.75, 3.05) is 20.8 Å². The van der Waals surface area contributed by atoms with Gasteiger partial charge in [0.15, 0.2) is 11.6 Å². The molecule has 144 valence electrons. The van der Waals surface area contributed by atoms with Gasteiger partial charge >= 0.3 is 5.97 Å². The number of carbonyl (C=O) groups is 2. The Morgan fingerprint density at radius 1 is 1.11 bits per heavy atom. The van der Waals surface area contributed by atoms with E-state index in [1.165, 1.54) is 31.3 Å². The second-order valence-corrected chi connectivity index (χ2v) is 6.22. The maximum Gasteiger partial charge on any atom is 0.325 e. The van der Waals surface area contributed by atoms with Crippen LogP contribution in [0.25, 0.3) is 0 Å². The largest absolute Gasteiger partial charge is 0.494 e. The summed E-state index contributed by atoms with van der Waals surface area (Å²) in [7, 11) is 2.69. The predicted molar refractivity (Wildman–Crippen MR) is 99.9 cm³/mol. The number of nitrogens with zero attached hydrogens (tertiary/aromatic N) is 1. The number of rotatable bonds is 8. The monoisotopic (exact) mass is 373 g/mol. The summed E-state index contributed by atoms with van der Waals surface area (Å²) in [5, 5.41) is 0. The molecule has 0 aromatic heterocycles. The van der Waals surface area contributed by atoms with Crippen LogP contribution in [0.4, 0.5) is 4.39 Å². The molecule has 0 bridgehead atoms. The third-order valence-corrected chi connectivity index (χ3v) is 4.37. The third kappa shape index (κ3) is 5.81. The summed E-state index contributed by atoms with van der Waals surface area (Å²) < 4.78 is 23.4. The van der Waals surface area contributed by atoms with Crippen molar-refractivity contribution < 1.29 is 23.5 Å². The van der Waals surface area contributed by atoms with Gasteiger partial charge in [0.2, 0.25) is 5.91 Å². The Balaban J connectivity index is 2.07. The van der Waals surface area contributed by atoms with Crippen LogP contribution in [0.2, 0.25) is 0 Å². The van der Waals surface area contributed by atoms with E-state index in [1.807, 2.05) is 31.2 Å². The average molecular weight is 373 g/mol. The topological polar surface area (TPSA) is 55.8 Å². The van der Waals surface area contributed by atoms with Gasteiger partial charge in [-0.05, 0) is 42.2 Å². The zero-order chi connectivity index (χ0) is 19.8. The first-order valence-electron chi connectivity index (χ1n) is 8.66. The van der Waals surface area contributed by atoms with E-state index in [0.717, 1.165) is 11.1 Å². The second kappa shape index (κ2) is 9.71. The Morgan fingerprint density at radius 3 is 2.48 bits per heavy atom. The van der Waals surface area contributed by atoms with Crippen LogP contribution in [-0.4, -0.2) is 37.5 Å². The molecule has 27 heavy (non-hydrogen) atoms. The number of benzene rings is 2. The molecule has 0 unspecified atom stereocenters. The lowest BCUT2D eigenvalue weighted by Crippen LogP contribution is -2.36. The molecule has 5 nitrogen and oxygen atoms in total. The van der Waals surface area contributed by atoms with Crippen molar-refractivity contribution in [2.45, 2.75) is 26.3 Å². The van der Waals surface area contributed by atoms with E-state index in [0.29, 0.717) is 18.5 Å². The van der Waals surface area contributed by atoms with E-state index < -0.39 is 11.8 Å². The van der Waals surface area contributed by atoms with Crippen LogP contribution in [0.5, 0.6) is 5.75 Å². The Morgan fingerprint density at radius 2 is 1.85 bits per heavy atom. The molecule has 0 fully saturated rings. The first-order chi connectivity index (χ1) is 12.9. The minimum Gasteiger partial charge on any atom is -0.494 e. The SMILES string of the molecule is COC(=O)CN(Cc1ccccc1C)C(=O)CCc1ccc(OC)c(F)c1. The first-order valence-corrected chi connectivity index (χ1v) is 8.66. The van der Waals surface area contributed by atoms with Gasteiger partial charge < -0.3 is 14.4 Å². The van der Waals surface area contributed by atoms with E-state index in [1.54, 1.807) is 6.07 Å². The van der Waals surface area contributed by atoms with Gasteiger partial charge in [0.1, 0.15) is 6.54 Å². The normalized spacial score (nSPS) is 10.4. The smallest absolute Gasteiger partial charge is 0.325 e. The highest BCUT2D eigenvalue weighted by Gasteiger charge is 2.19. The van der Waals surface area contributed by atoms with Gasteiger partial charge in [0.05, 0.1) is 14.2 Å². The second-order valence-electron chi connectivity index (χ2n) is 6.22. The van der Waals surface area contributed by atoms with Crippen LogP contribution >= 0.6 is 0 Å². The van der Waals surface area contributed by atoms with E-state index in [9.17, 15) is 14.0 Å². The van der Waals surface area contributed by atoms with Crippen molar-refractivity contribution in [3.63, 3.8) is 0 Å². The number of methoxy groups -OCH3 is 2. The molecule has 0 saturated heterocycles. The number of aryl methyl sites for hydroxylation is 2. The van der Waals surface area contributed by atoms with Gasteiger partial charge in [0, 0.05) is 13.0 Å². The van der Waals surface area contributed by atoms with Crippen molar-refractivity contribution in [1.29, 1.82) is 0 Å². The van der Waals surface area contributed by atoms with Gasteiger partial charge in [-0.2, -0.15) is 0 Å². The number of halogens is 1. The summed E-state index contributed by atoms with van der Waals surface area (Å²) in [5.41, 5.74) is 2.69. The highest BCUT2D eigenvalue weighted by Crippen LogP contribution is 2.19. The van der Waals surface area contributed by atoms with Gasteiger partial charge in [-0.3, -0.25) is 9.59 Å². The molecule has 1 amide bonds. The Labute approximate surface area is 158 Å². The average Bonchev–Trinajstić information content (AvgIpc) is 2.67. The molecule has 0 N–H and O–H groups in total. The fourth-order valence-corrected chi connectivity index (χ4v) is 2.72. The summed E-state index contributed by atoms with van der Waals surface area (Å²) in [6, 6.07) is 12.3. The summed E-state index contributed by atoms with van der Waals surface area (Å²) >= 11 is 0. The summed E-state index contributed by atoms with van der Waals surface area (Å²) in [4.78, 5) is 25.9. The predicted octanol–water partition coefficient (Wildman–Crippen LogP) is 3.28. The quantitative estimate of drug-likeness (QED) is 0.667. The minimum absolute atomic E-state index is 0.124. The molecule has 0 aliphatic rings. The number of hydrogen-bond acceptors (Lipinski definition) is 4. The molecule has 0 aliphatic carbocycles. The molecule has 2 aromatic carbocycles. The standard InChI is InChI=1S/C21H24FNO4/c1-15-6-4-5-7-17(15)13-23(14-21(25)27-3)20(24)11-9-16-8-10-19(26-2)18(22)12-16/h4-8,10,12H,9,11,13-14H2,1-3H3. The molecule has 0 atom stereocenters. The highest BCUT2D eigenvalue weighted by atomic mass is 19.1. The summed E-state index contributed by atoms with van der Waals surface area (Å²) in [6.45, 7) is 2.15. The van der Waals surface area contributed by atoms with Crippen LogP contribution in [0.3, 0.4) is 0 Å². The van der Waals surface area contributed by atoms with Gasteiger partial charge in [-0.25, -0.2) is 4.39 Å². The van der Waals surface area contributed by atoms with Crippen LogP contribution in [0, 0.1) is 12.7 Å². The maximum atomic E-state index is 13.8. The number of esters is 1. The molecule has 0 spiro atoms. The molecule has 0 radical (unpaired) electrons. The Hall–Kier alpha value is -2.89. The zero-order valence-electron chi connectivity index (χ0n) is 15.8. The maximum absolute atomic E-state index is 13.8. The summed E-state index contributed by atoms with van der Waals surface area (Å²) in [5.74, 6) is -0.974. The van der Waals surface area contributed by atoms with Gasteiger partial charge in [-0.1, -0.05) is 30.3 Å². The number of hydrogen-bond donors (Lipinski definition) is 0. The van der Waals surface area contributed by atoms with Crippen LogP contribution in [-0.2, 0) is 27.3 Å². The summed E-state index contributed by atoms with van der Waals surface area (Å²) in [6.07, 6.45) is 0.528. The van der Waals surface area contributed by atoms with E-state index in [-0.39, 0.29) is 24.6 Å². The molecule has 2 aromatic rings. The third-order valence-electron chi connectivity index (χ3n) is 4.37. The van der Waals surface area contributed by atoms with Gasteiger partial charge in [-0.15, -0.1) is 0 Å². The molecule has 0 heterocycles. The zero-order valence-corrected chi connectivity index (χ0v) is 15.8. The van der Waals surface area contributed by atoms with Crippen molar-refractivity contribution in [1.82, 2.24) is 4.90 Å². The first kappa shape index (κ1) is 20.4. The lowest BCUT2D eigenvalue weighted by atomic mass is 10.1. The highest BCUT2D eigenvalue weighted by molar-refractivity contribution is 5.82. The molecular weight excluding hydrogens is 349 g/mol. The fourth-order valence-electron chi connectivity index (χ4n) is 2.72. The number of amides is 1. The van der Waals surface area contributed by atoms with Crippen molar-refractivity contribution in [3.8, 4) is 5.75 Å². The van der Waals surface area contributed by atoms with Crippen LogP contribution in [0.1, 0.15) is 23.1 Å². The molecular formula is C21H24FNO4. The van der Waals surface area contributed by atoms with E-state index in [2.05, 4.69) is 0 Å². The molecule has 6 heteroatoms. The lowest BCUT2D eigenvalue weighted by Gasteiger charge is -2.22.